The molecular formula is C23H27FN4O2. The van der Waals surface area contributed by atoms with Crippen molar-refractivity contribution in [2.75, 3.05) is 50.0 Å². The lowest BCUT2D eigenvalue weighted by Gasteiger charge is -2.26. The fourth-order valence-corrected chi connectivity index (χ4v) is 3.85. The number of aliphatic imine (C=N–C) groups is 1. The zero-order valence-electron chi connectivity index (χ0n) is 17.2. The number of benzene rings is 2. The second-order valence-electron chi connectivity index (χ2n) is 7.71. The van der Waals surface area contributed by atoms with Gasteiger partial charge in [-0.2, -0.15) is 0 Å². The normalized spacial score (nSPS) is 19.1. The van der Waals surface area contributed by atoms with Crippen LogP contribution in [0, 0.1) is 12.7 Å². The first-order valence-electron chi connectivity index (χ1n) is 10.4. The molecule has 2 aliphatic rings. The van der Waals surface area contributed by atoms with Gasteiger partial charge in [0.2, 0.25) is 5.91 Å². The van der Waals surface area contributed by atoms with Crippen LogP contribution >= 0.6 is 0 Å². The number of fused-ring (bicyclic) bond motifs is 1. The largest absolute Gasteiger partial charge is 0.385 e. The molecule has 0 bridgehead atoms. The van der Waals surface area contributed by atoms with E-state index >= 15 is 0 Å². The molecule has 2 aromatic rings. The Balaban J connectivity index is 1.32. The van der Waals surface area contributed by atoms with Crippen molar-refractivity contribution in [3.05, 3.63) is 53.3 Å². The van der Waals surface area contributed by atoms with Crippen LogP contribution in [0.4, 0.5) is 21.5 Å². The van der Waals surface area contributed by atoms with E-state index in [1.54, 1.807) is 12.3 Å². The summed E-state index contributed by atoms with van der Waals surface area (Å²) in [6.45, 7) is 7.74. The fraction of sp³-hybridized carbons (Fsp3) is 0.391. The van der Waals surface area contributed by atoms with E-state index in [2.05, 4.69) is 20.5 Å². The van der Waals surface area contributed by atoms with Crippen LogP contribution in [0.25, 0.3) is 0 Å². The zero-order valence-corrected chi connectivity index (χ0v) is 17.2. The van der Waals surface area contributed by atoms with Gasteiger partial charge in [-0.3, -0.25) is 14.7 Å². The first-order chi connectivity index (χ1) is 14.6. The number of nitrogens with zero attached hydrogens (tertiary/aromatic N) is 2. The van der Waals surface area contributed by atoms with E-state index in [4.69, 9.17) is 4.74 Å². The van der Waals surface area contributed by atoms with Gasteiger partial charge in [0, 0.05) is 37.2 Å². The number of carbonyl (C=O) groups excluding carboxylic acids is 1. The van der Waals surface area contributed by atoms with E-state index < -0.39 is 5.92 Å². The Morgan fingerprint density at radius 1 is 1.27 bits per heavy atom. The Morgan fingerprint density at radius 2 is 2.10 bits per heavy atom. The van der Waals surface area contributed by atoms with E-state index in [1.165, 1.54) is 12.1 Å². The number of halogens is 1. The molecule has 2 N–H and O–H groups in total. The van der Waals surface area contributed by atoms with Gasteiger partial charge in [-0.05, 0) is 61.3 Å². The van der Waals surface area contributed by atoms with Crippen LogP contribution in [0.1, 0.15) is 23.5 Å². The highest BCUT2D eigenvalue weighted by Gasteiger charge is 2.29. The van der Waals surface area contributed by atoms with Gasteiger partial charge < -0.3 is 15.4 Å². The Kier molecular flexibility index (Phi) is 6.40. The number of carbonyl (C=O) groups is 1. The van der Waals surface area contributed by atoms with Gasteiger partial charge in [0.25, 0.3) is 0 Å². The summed E-state index contributed by atoms with van der Waals surface area (Å²) >= 11 is 0. The second kappa shape index (κ2) is 9.36. The summed E-state index contributed by atoms with van der Waals surface area (Å²) in [6, 6.07) is 10.3. The molecule has 30 heavy (non-hydrogen) atoms. The van der Waals surface area contributed by atoms with Crippen molar-refractivity contribution >= 4 is 29.2 Å². The van der Waals surface area contributed by atoms with Gasteiger partial charge >= 0.3 is 0 Å². The Morgan fingerprint density at radius 3 is 2.90 bits per heavy atom. The maximum absolute atomic E-state index is 13.4. The van der Waals surface area contributed by atoms with Crippen molar-refractivity contribution in [2.24, 2.45) is 4.99 Å². The number of rotatable bonds is 7. The van der Waals surface area contributed by atoms with Crippen LogP contribution < -0.4 is 10.6 Å². The molecule has 0 radical (unpaired) electrons. The predicted octanol–water partition coefficient (Wildman–Crippen LogP) is 3.71. The molecule has 2 aromatic carbocycles. The molecule has 1 saturated heterocycles. The van der Waals surface area contributed by atoms with E-state index in [0.717, 1.165) is 68.3 Å². The first kappa shape index (κ1) is 20.5. The molecule has 1 atom stereocenters. The SMILES string of the molecule is Cc1cc(N=CC2C(=O)Nc3cc(F)ccc32)ccc1NCCCN1CCOCC1. The van der Waals surface area contributed by atoms with E-state index in [0.29, 0.717) is 5.69 Å². The van der Waals surface area contributed by atoms with Crippen molar-refractivity contribution in [3.63, 3.8) is 0 Å². The van der Waals surface area contributed by atoms with Gasteiger partial charge in [-0.25, -0.2) is 4.39 Å². The van der Waals surface area contributed by atoms with E-state index in [9.17, 15) is 9.18 Å². The van der Waals surface area contributed by atoms with Crippen LogP contribution in [0.5, 0.6) is 0 Å². The molecule has 7 heteroatoms. The summed E-state index contributed by atoms with van der Waals surface area (Å²) in [5.41, 5.74) is 4.25. The molecule has 0 aromatic heterocycles. The molecule has 1 amide bonds. The maximum Gasteiger partial charge on any atom is 0.237 e. The first-order valence-corrected chi connectivity index (χ1v) is 10.4. The Hall–Kier alpha value is -2.77. The quantitative estimate of drug-likeness (QED) is 0.540. The zero-order chi connectivity index (χ0) is 20.9. The average Bonchev–Trinajstić information content (AvgIpc) is 3.05. The molecule has 6 nitrogen and oxygen atoms in total. The molecule has 1 unspecified atom stereocenters. The summed E-state index contributed by atoms with van der Waals surface area (Å²) in [6.07, 6.45) is 2.71. The van der Waals surface area contributed by atoms with Gasteiger partial charge in [0.1, 0.15) is 11.7 Å². The third-order valence-electron chi connectivity index (χ3n) is 5.54. The van der Waals surface area contributed by atoms with E-state index in [-0.39, 0.29) is 11.7 Å². The number of ether oxygens (including phenoxy) is 1. The molecule has 0 saturated carbocycles. The van der Waals surface area contributed by atoms with Gasteiger partial charge in [0.05, 0.1) is 18.9 Å². The van der Waals surface area contributed by atoms with Crippen LogP contribution in [0.3, 0.4) is 0 Å². The van der Waals surface area contributed by atoms with Crippen LogP contribution in [-0.2, 0) is 9.53 Å². The lowest BCUT2D eigenvalue weighted by Crippen LogP contribution is -2.37. The van der Waals surface area contributed by atoms with Crippen LogP contribution in [-0.4, -0.2) is 56.4 Å². The number of aryl methyl sites for hydroxylation is 1. The molecule has 2 aliphatic heterocycles. The van der Waals surface area contributed by atoms with E-state index in [1.807, 2.05) is 25.1 Å². The van der Waals surface area contributed by atoms with Crippen LogP contribution in [0.15, 0.2) is 41.4 Å². The smallest absolute Gasteiger partial charge is 0.237 e. The minimum atomic E-state index is -0.501. The van der Waals surface area contributed by atoms with Gasteiger partial charge in [-0.15, -0.1) is 0 Å². The molecular weight excluding hydrogens is 383 g/mol. The number of nitrogens with one attached hydrogen (secondary N) is 2. The van der Waals surface area contributed by atoms with Crippen molar-refractivity contribution in [3.8, 4) is 0 Å². The molecule has 1 fully saturated rings. The molecule has 0 spiro atoms. The monoisotopic (exact) mass is 410 g/mol. The number of amides is 1. The standard InChI is InChI=1S/C23H27FN4O2/c1-16-13-18(4-6-21(16)25-7-2-8-28-9-11-30-12-10-28)26-15-20-19-5-3-17(24)14-22(19)27-23(20)29/h3-6,13-15,20,25H,2,7-12H2,1H3,(H,27,29). The predicted molar refractivity (Wildman–Crippen MR) is 117 cm³/mol. The molecule has 2 heterocycles. The third-order valence-corrected chi connectivity index (χ3v) is 5.54. The van der Waals surface area contributed by atoms with Crippen molar-refractivity contribution in [2.45, 2.75) is 19.3 Å². The maximum atomic E-state index is 13.4. The Labute approximate surface area is 176 Å². The van der Waals surface area contributed by atoms with Crippen molar-refractivity contribution in [1.82, 2.24) is 4.90 Å². The average molecular weight is 410 g/mol. The number of anilines is 2. The van der Waals surface area contributed by atoms with Crippen LogP contribution in [0.2, 0.25) is 0 Å². The topological polar surface area (TPSA) is 66.0 Å². The summed E-state index contributed by atoms with van der Waals surface area (Å²) in [4.78, 5) is 19.1. The summed E-state index contributed by atoms with van der Waals surface area (Å²) in [5.74, 6) is -1.05. The number of hydrogen-bond acceptors (Lipinski definition) is 5. The summed E-state index contributed by atoms with van der Waals surface area (Å²) in [5, 5.41) is 6.20. The summed E-state index contributed by atoms with van der Waals surface area (Å²) < 4.78 is 18.7. The third kappa shape index (κ3) is 4.86. The lowest BCUT2D eigenvalue weighted by atomic mass is 10.0. The minimum Gasteiger partial charge on any atom is -0.385 e. The highest BCUT2D eigenvalue weighted by molar-refractivity contribution is 6.12. The minimum absolute atomic E-state index is 0.186. The summed E-state index contributed by atoms with van der Waals surface area (Å²) in [7, 11) is 0. The molecule has 4 rings (SSSR count). The molecule has 158 valence electrons. The highest BCUT2D eigenvalue weighted by Crippen LogP contribution is 2.32. The lowest BCUT2D eigenvalue weighted by molar-refractivity contribution is -0.115. The fourth-order valence-electron chi connectivity index (χ4n) is 3.85. The van der Waals surface area contributed by atoms with Gasteiger partial charge in [0.15, 0.2) is 0 Å². The Bertz CT molecular complexity index is 941. The number of morpholine rings is 1. The highest BCUT2D eigenvalue weighted by atomic mass is 19.1. The van der Waals surface area contributed by atoms with Crippen molar-refractivity contribution in [1.29, 1.82) is 0 Å². The van der Waals surface area contributed by atoms with Gasteiger partial charge in [-0.1, -0.05) is 6.07 Å². The number of hydrogen-bond donors (Lipinski definition) is 2. The second-order valence-corrected chi connectivity index (χ2v) is 7.71. The van der Waals surface area contributed by atoms with Crippen molar-refractivity contribution < 1.29 is 13.9 Å². The molecule has 0 aliphatic carbocycles.